The van der Waals surface area contributed by atoms with E-state index in [-0.39, 0.29) is 11.2 Å². The minimum Gasteiger partial charge on any atom is -0.465 e. The Morgan fingerprint density at radius 1 is 1.42 bits per heavy atom. The van der Waals surface area contributed by atoms with Gasteiger partial charge in [0.2, 0.25) is 0 Å². The number of aromatic nitrogens is 1. The fourth-order valence-electron chi connectivity index (χ4n) is 2.64. The van der Waals surface area contributed by atoms with Crippen LogP contribution < -0.4 is 10.9 Å². The Morgan fingerprint density at radius 2 is 2.16 bits per heavy atom. The van der Waals surface area contributed by atoms with Crippen LogP contribution in [-0.2, 0) is 19.4 Å². The van der Waals surface area contributed by atoms with Crippen LogP contribution in [-0.4, -0.2) is 15.8 Å². The molecule has 0 radical (unpaired) electrons. The maximum Gasteiger partial charge on any atom is 0.409 e. The number of carbonyl (C=O) groups is 1. The first-order valence-corrected chi connectivity index (χ1v) is 6.89. The number of carboxylic acid groups (broad SMARTS) is 1. The van der Waals surface area contributed by atoms with Crippen molar-refractivity contribution in [3.63, 3.8) is 0 Å². The normalized spacial score (nSPS) is 13.9. The largest absolute Gasteiger partial charge is 0.465 e. The van der Waals surface area contributed by atoms with Crippen LogP contribution in [0.5, 0.6) is 0 Å². The van der Waals surface area contributed by atoms with Gasteiger partial charge in [0.1, 0.15) is 5.69 Å². The molecule has 0 aromatic carbocycles. The second kappa shape index (κ2) is 5.91. The first kappa shape index (κ1) is 13.6. The summed E-state index contributed by atoms with van der Waals surface area (Å²) in [6, 6.07) is 1.72. The average molecular weight is 264 g/mol. The zero-order chi connectivity index (χ0) is 13.8. The summed E-state index contributed by atoms with van der Waals surface area (Å²) in [6.07, 6.45) is 4.81. The van der Waals surface area contributed by atoms with Crippen LogP contribution in [0.15, 0.2) is 10.9 Å². The lowest BCUT2D eigenvalue weighted by atomic mass is 9.95. The number of amides is 1. The predicted octanol–water partition coefficient (Wildman–Crippen LogP) is 2.62. The predicted molar refractivity (Wildman–Crippen MR) is 73.9 cm³/mol. The summed E-state index contributed by atoms with van der Waals surface area (Å²) in [7, 11) is 0. The molecule has 2 rings (SSSR count). The Bertz CT molecular complexity index is 534. The number of pyridine rings is 1. The highest BCUT2D eigenvalue weighted by molar-refractivity contribution is 5.82. The Labute approximate surface area is 112 Å². The first-order chi connectivity index (χ1) is 9.13. The smallest absolute Gasteiger partial charge is 0.409 e. The van der Waals surface area contributed by atoms with Gasteiger partial charge in [-0.05, 0) is 43.7 Å². The van der Waals surface area contributed by atoms with E-state index in [2.05, 4.69) is 12.2 Å². The Balaban J connectivity index is 2.47. The molecule has 0 unspecified atom stereocenters. The molecule has 0 saturated carbocycles. The summed E-state index contributed by atoms with van der Waals surface area (Å²) in [6.45, 7) is 2.75. The Hall–Kier alpha value is -1.78. The van der Waals surface area contributed by atoms with Crippen LogP contribution in [0.1, 0.15) is 43.9 Å². The summed E-state index contributed by atoms with van der Waals surface area (Å²) in [4.78, 5) is 23.1. The molecule has 5 heteroatoms. The number of hydrogen-bond acceptors (Lipinski definition) is 2. The monoisotopic (exact) mass is 264 g/mol. The second-order valence-electron chi connectivity index (χ2n) is 4.98. The molecule has 1 aromatic heterocycles. The lowest BCUT2D eigenvalue weighted by Crippen LogP contribution is -2.30. The lowest BCUT2D eigenvalue weighted by Gasteiger charge is -2.22. The van der Waals surface area contributed by atoms with E-state index in [0.717, 1.165) is 49.8 Å². The van der Waals surface area contributed by atoms with Gasteiger partial charge in [0.05, 0.1) is 0 Å². The first-order valence-electron chi connectivity index (χ1n) is 6.89. The number of nitrogens with zero attached hydrogens (tertiary/aromatic N) is 1. The molecular weight excluding hydrogens is 244 g/mol. The van der Waals surface area contributed by atoms with E-state index < -0.39 is 6.09 Å². The molecular formula is C14H20N2O3. The molecule has 1 aromatic rings. The molecule has 0 atom stereocenters. The standard InChI is InChI=1S/C14H20N2O3/c1-2-3-8-16-12-7-5-4-6-10(12)9-11(13(16)17)15-14(18)19/h9,15H,2-8H2,1H3,(H,18,19). The van der Waals surface area contributed by atoms with Gasteiger partial charge in [0.15, 0.2) is 0 Å². The molecule has 1 aliphatic rings. The summed E-state index contributed by atoms with van der Waals surface area (Å²) in [5, 5.41) is 11.0. The van der Waals surface area contributed by atoms with Crippen LogP contribution in [0.4, 0.5) is 10.5 Å². The van der Waals surface area contributed by atoms with Crippen molar-refractivity contribution in [1.82, 2.24) is 4.57 Å². The van der Waals surface area contributed by atoms with Crippen molar-refractivity contribution in [2.75, 3.05) is 5.32 Å². The topological polar surface area (TPSA) is 71.3 Å². The molecule has 0 saturated heterocycles. The van der Waals surface area contributed by atoms with Gasteiger partial charge in [0.25, 0.3) is 5.56 Å². The summed E-state index contributed by atoms with van der Waals surface area (Å²) in [5.41, 5.74) is 2.19. The number of nitrogens with one attached hydrogen (secondary N) is 1. The molecule has 104 valence electrons. The molecule has 1 amide bonds. The zero-order valence-corrected chi connectivity index (χ0v) is 11.2. The van der Waals surface area contributed by atoms with Crippen LogP contribution in [0.3, 0.4) is 0 Å². The van der Waals surface area contributed by atoms with Gasteiger partial charge in [0, 0.05) is 12.2 Å². The maximum absolute atomic E-state index is 12.3. The van der Waals surface area contributed by atoms with E-state index >= 15 is 0 Å². The highest BCUT2D eigenvalue weighted by Crippen LogP contribution is 2.22. The highest BCUT2D eigenvalue weighted by Gasteiger charge is 2.18. The van der Waals surface area contributed by atoms with Crippen molar-refractivity contribution in [1.29, 1.82) is 0 Å². The Morgan fingerprint density at radius 3 is 2.84 bits per heavy atom. The summed E-state index contributed by atoms with van der Waals surface area (Å²) < 4.78 is 1.77. The van der Waals surface area contributed by atoms with E-state index in [9.17, 15) is 9.59 Å². The number of anilines is 1. The quantitative estimate of drug-likeness (QED) is 0.878. The second-order valence-corrected chi connectivity index (χ2v) is 4.98. The molecule has 2 N–H and O–H groups in total. The number of rotatable bonds is 4. The van der Waals surface area contributed by atoms with Crippen molar-refractivity contribution in [3.8, 4) is 0 Å². The third-order valence-electron chi connectivity index (χ3n) is 3.58. The minimum absolute atomic E-state index is 0.184. The third-order valence-corrected chi connectivity index (χ3v) is 3.58. The van der Waals surface area contributed by atoms with Crippen molar-refractivity contribution in [2.45, 2.75) is 52.0 Å². The van der Waals surface area contributed by atoms with Crippen LogP contribution >= 0.6 is 0 Å². The third kappa shape index (κ3) is 2.97. The fourth-order valence-corrected chi connectivity index (χ4v) is 2.64. The number of fused-ring (bicyclic) bond motifs is 1. The number of unbranched alkanes of at least 4 members (excludes halogenated alkanes) is 1. The van der Waals surface area contributed by atoms with Gasteiger partial charge in [-0.3, -0.25) is 10.1 Å². The molecule has 1 aliphatic carbocycles. The molecule has 5 nitrogen and oxygen atoms in total. The van der Waals surface area contributed by atoms with Crippen molar-refractivity contribution >= 4 is 11.8 Å². The number of hydrogen-bond donors (Lipinski definition) is 2. The highest BCUT2D eigenvalue weighted by atomic mass is 16.4. The van der Waals surface area contributed by atoms with Crippen LogP contribution in [0.2, 0.25) is 0 Å². The lowest BCUT2D eigenvalue weighted by molar-refractivity contribution is 0.209. The van der Waals surface area contributed by atoms with Gasteiger partial charge in [-0.15, -0.1) is 0 Å². The van der Waals surface area contributed by atoms with E-state index in [0.29, 0.717) is 6.54 Å². The van der Waals surface area contributed by atoms with Gasteiger partial charge in [-0.1, -0.05) is 13.3 Å². The summed E-state index contributed by atoms with van der Waals surface area (Å²) >= 11 is 0. The maximum atomic E-state index is 12.3. The van der Waals surface area contributed by atoms with Crippen molar-refractivity contribution in [3.05, 3.63) is 27.7 Å². The Kier molecular flexibility index (Phi) is 4.24. The van der Waals surface area contributed by atoms with Crippen molar-refractivity contribution in [2.24, 2.45) is 0 Å². The van der Waals surface area contributed by atoms with Gasteiger partial charge in [-0.25, -0.2) is 4.79 Å². The van der Waals surface area contributed by atoms with E-state index in [1.165, 1.54) is 0 Å². The molecule has 0 bridgehead atoms. The van der Waals surface area contributed by atoms with Gasteiger partial charge >= 0.3 is 6.09 Å². The van der Waals surface area contributed by atoms with E-state index in [1.807, 2.05) is 0 Å². The number of aryl methyl sites for hydroxylation is 1. The minimum atomic E-state index is -1.19. The molecule has 19 heavy (non-hydrogen) atoms. The molecule has 0 spiro atoms. The fraction of sp³-hybridized carbons (Fsp3) is 0.571. The molecule has 0 aliphatic heterocycles. The summed E-state index contributed by atoms with van der Waals surface area (Å²) in [5.74, 6) is 0. The van der Waals surface area contributed by atoms with Gasteiger partial charge in [-0.2, -0.15) is 0 Å². The SMILES string of the molecule is CCCCn1c2c(cc(NC(=O)O)c1=O)CCCC2. The van der Waals surface area contributed by atoms with Crippen LogP contribution in [0.25, 0.3) is 0 Å². The van der Waals surface area contributed by atoms with Crippen LogP contribution in [0, 0.1) is 0 Å². The zero-order valence-electron chi connectivity index (χ0n) is 11.2. The van der Waals surface area contributed by atoms with Gasteiger partial charge < -0.3 is 9.67 Å². The van der Waals surface area contributed by atoms with Crippen molar-refractivity contribution < 1.29 is 9.90 Å². The molecule has 1 heterocycles. The van der Waals surface area contributed by atoms with E-state index in [4.69, 9.17) is 5.11 Å². The van der Waals surface area contributed by atoms with E-state index in [1.54, 1.807) is 10.6 Å². The average Bonchev–Trinajstić information content (AvgIpc) is 2.38. The molecule has 0 fully saturated rings.